The predicted molar refractivity (Wildman–Crippen MR) is 112 cm³/mol. The molecule has 0 aromatic heterocycles. The van der Waals surface area contributed by atoms with Crippen molar-refractivity contribution in [3.63, 3.8) is 0 Å². The number of ether oxygens (including phenoxy) is 3. The molecule has 1 aliphatic rings. The lowest BCUT2D eigenvalue weighted by Crippen LogP contribution is -2.39. The van der Waals surface area contributed by atoms with Crippen molar-refractivity contribution in [1.82, 2.24) is 0 Å². The average Bonchev–Trinajstić information content (AvgIpc) is 3.11. The molecule has 0 N–H and O–H groups in total. The lowest BCUT2D eigenvalue weighted by Gasteiger charge is -2.26. The Balaban J connectivity index is 2.01. The van der Waals surface area contributed by atoms with Crippen molar-refractivity contribution >= 4 is 17.3 Å². The number of hydrogen-bond acceptors (Lipinski definition) is 4. The molecule has 1 aliphatic heterocycles. The van der Waals surface area contributed by atoms with Crippen molar-refractivity contribution in [3.05, 3.63) is 107 Å². The first-order chi connectivity index (χ1) is 14.2. The normalized spacial score (nSPS) is 17.4. The fourth-order valence-electron chi connectivity index (χ4n) is 3.66. The molecule has 0 spiro atoms. The highest BCUT2D eigenvalue weighted by molar-refractivity contribution is 6.00. The minimum atomic E-state index is -1.63. The van der Waals surface area contributed by atoms with Gasteiger partial charge in [0.1, 0.15) is 5.76 Å². The van der Waals surface area contributed by atoms with E-state index in [4.69, 9.17) is 14.2 Å². The molecule has 29 heavy (non-hydrogen) atoms. The second-order valence-corrected chi connectivity index (χ2v) is 6.62. The van der Waals surface area contributed by atoms with E-state index in [1.54, 1.807) is 6.92 Å². The molecule has 0 saturated carbocycles. The number of benzene rings is 3. The maximum atomic E-state index is 12.9. The van der Waals surface area contributed by atoms with E-state index in [9.17, 15) is 4.79 Å². The predicted octanol–water partition coefficient (Wildman–Crippen LogP) is 5.00. The third-order valence-electron chi connectivity index (χ3n) is 4.96. The van der Waals surface area contributed by atoms with Crippen molar-refractivity contribution in [1.29, 1.82) is 0 Å². The van der Waals surface area contributed by atoms with Gasteiger partial charge in [-0.3, -0.25) is 0 Å². The Hall–Kier alpha value is -3.37. The van der Waals surface area contributed by atoms with Gasteiger partial charge in [0.05, 0.1) is 6.61 Å². The highest BCUT2D eigenvalue weighted by Crippen LogP contribution is 2.48. The van der Waals surface area contributed by atoms with Crippen molar-refractivity contribution in [2.24, 2.45) is 0 Å². The van der Waals surface area contributed by atoms with Crippen LogP contribution in [0.15, 0.2) is 84.9 Å². The van der Waals surface area contributed by atoms with E-state index in [-0.39, 0.29) is 6.61 Å². The van der Waals surface area contributed by atoms with E-state index in [0.29, 0.717) is 11.3 Å². The van der Waals surface area contributed by atoms with Crippen LogP contribution in [-0.4, -0.2) is 19.7 Å². The maximum Gasteiger partial charge on any atom is 0.385 e. The van der Waals surface area contributed by atoms with Gasteiger partial charge in [0.15, 0.2) is 0 Å². The van der Waals surface area contributed by atoms with Gasteiger partial charge in [-0.15, -0.1) is 0 Å². The Labute approximate surface area is 170 Å². The van der Waals surface area contributed by atoms with Crippen LogP contribution in [0.2, 0.25) is 0 Å². The summed E-state index contributed by atoms with van der Waals surface area (Å²) in [5, 5.41) is 0. The lowest BCUT2D eigenvalue weighted by molar-refractivity contribution is -0.217. The standard InChI is InChI=1S/C25H22O4/c1-3-28-24(26)25(27-2)21-17-11-10-16-20(21)23(29-25)22(18-12-6-4-7-13-18)19-14-8-5-9-15-19/h4-17H,3H2,1-2H3. The van der Waals surface area contributed by atoms with Crippen LogP contribution >= 0.6 is 0 Å². The summed E-state index contributed by atoms with van der Waals surface area (Å²) in [6.45, 7) is 2.00. The van der Waals surface area contributed by atoms with E-state index in [1.165, 1.54) is 7.11 Å². The van der Waals surface area contributed by atoms with E-state index >= 15 is 0 Å². The molecule has 0 saturated heterocycles. The van der Waals surface area contributed by atoms with Gasteiger partial charge in [-0.2, -0.15) is 0 Å². The summed E-state index contributed by atoms with van der Waals surface area (Å²) >= 11 is 0. The molecule has 0 fully saturated rings. The van der Waals surface area contributed by atoms with Gasteiger partial charge < -0.3 is 14.2 Å². The Kier molecular flexibility index (Phi) is 5.19. The SMILES string of the molecule is CCOC(=O)C1(OC)OC(=C(c2ccccc2)c2ccccc2)c2ccccc21. The smallest absolute Gasteiger partial charge is 0.385 e. The highest BCUT2D eigenvalue weighted by atomic mass is 16.7. The number of carbonyl (C=O) groups is 1. The van der Waals surface area contributed by atoms with Crippen molar-refractivity contribution < 1.29 is 19.0 Å². The summed E-state index contributed by atoms with van der Waals surface area (Å²) in [4.78, 5) is 12.9. The monoisotopic (exact) mass is 386 g/mol. The molecule has 1 heterocycles. The zero-order valence-electron chi connectivity index (χ0n) is 16.4. The van der Waals surface area contributed by atoms with Crippen LogP contribution in [0, 0.1) is 0 Å². The largest absolute Gasteiger partial charge is 0.461 e. The number of methoxy groups -OCH3 is 1. The number of fused-ring (bicyclic) bond motifs is 1. The van der Waals surface area contributed by atoms with Gasteiger partial charge >= 0.3 is 11.8 Å². The van der Waals surface area contributed by atoms with Gasteiger partial charge in [0.2, 0.25) is 0 Å². The summed E-state index contributed by atoms with van der Waals surface area (Å²) < 4.78 is 17.3. The molecule has 146 valence electrons. The summed E-state index contributed by atoms with van der Waals surface area (Å²) in [6.07, 6.45) is 0. The summed E-state index contributed by atoms with van der Waals surface area (Å²) in [7, 11) is 1.46. The van der Waals surface area contributed by atoms with E-state index in [0.717, 1.165) is 22.3 Å². The first-order valence-corrected chi connectivity index (χ1v) is 9.57. The second kappa shape index (κ2) is 7.94. The molecule has 0 radical (unpaired) electrons. The zero-order chi connectivity index (χ0) is 20.3. The minimum Gasteiger partial charge on any atom is -0.461 e. The van der Waals surface area contributed by atoms with Crippen LogP contribution in [0.4, 0.5) is 0 Å². The number of hydrogen-bond donors (Lipinski definition) is 0. The van der Waals surface area contributed by atoms with Crippen LogP contribution in [-0.2, 0) is 24.8 Å². The van der Waals surface area contributed by atoms with Crippen molar-refractivity contribution in [3.8, 4) is 0 Å². The molecular weight excluding hydrogens is 364 g/mol. The Morgan fingerprint density at radius 1 is 0.862 bits per heavy atom. The van der Waals surface area contributed by atoms with Crippen LogP contribution < -0.4 is 0 Å². The third kappa shape index (κ3) is 3.22. The molecule has 4 rings (SSSR count). The molecule has 0 amide bonds. The van der Waals surface area contributed by atoms with Crippen molar-refractivity contribution in [2.75, 3.05) is 13.7 Å². The van der Waals surface area contributed by atoms with Crippen LogP contribution in [0.25, 0.3) is 11.3 Å². The van der Waals surface area contributed by atoms with Crippen LogP contribution in [0.1, 0.15) is 29.2 Å². The van der Waals surface area contributed by atoms with Gasteiger partial charge in [-0.25, -0.2) is 4.79 Å². The number of rotatable bonds is 5. The highest BCUT2D eigenvalue weighted by Gasteiger charge is 2.53. The fraction of sp³-hybridized carbons (Fsp3) is 0.160. The van der Waals surface area contributed by atoms with Gasteiger partial charge in [-0.05, 0) is 18.1 Å². The van der Waals surface area contributed by atoms with Crippen LogP contribution in [0.5, 0.6) is 0 Å². The minimum absolute atomic E-state index is 0.235. The molecule has 3 aromatic rings. The summed E-state index contributed by atoms with van der Waals surface area (Å²) in [5.74, 6) is -1.60. The molecular formula is C25H22O4. The third-order valence-corrected chi connectivity index (χ3v) is 4.96. The van der Waals surface area contributed by atoms with E-state index in [1.807, 2.05) is 84.9 Å². The van der Waals surface area contributed by atoms with E-state index < -0.39 is 11.8 Å². The molecule has 3 aromatic carbocycles. The lowest BCUT2D eigenvalue weighted by atomic mass is 9.93. The van der Waals surface area contributed by atoms with Crippen molar-refractivity contribution in [2.45, 2.75) is 12.7 Å². The number of carbonyl (C=O) groups excluding carboxylic acids is 1. The Morgan fingerprint density at radius 3 is 1.97 bits per heavy atom. The Morgan fingerprint density at radius 2 is 1.41 bits per heavy atom. The molecule has 1 atom stereocenters. The molecule has 4 nitrogen and oxygen atoms in total. The first kappa shape index (κ1) is 19.0. The quantitative estimate of drug-likeness (QED) is 0.579. The molecule has 0 bridgehead atoms. The average molecular weight is 386 g/mol. The molecule has 1 unspecified atom stereocenters. The first-order valence-electron chi connectivity index (χ1n) is 9.57. The van der Waals surface area contributed by atoms with Gasteiger partial charge in [0.25, 0.3) is 0 Å². The fourth-order valence-corrected chi connectivity index (χ4v) is 3.66. The summed E-state index contributed by atoms with van der Waals surface area (Å²) in [6, 6.07) is 27.5. The zero-order valence-corrected chi connectivity index (χ0v) is 16.4. The second-order valence-electron chi connectivity index (χ2n) is 6.62. The van der Waals surface area contributed by atoms with Crippen LogP contribution in [0.3, 0.4) is 0 Å². The van der Waals surface area contributed by atoms with E-state index in [2.05, 4.69) is 0 Å². The van der Waals surface area contributed by atoms with Gasteiger partial charge in [0, 0.05) is 23.8 Å². The molecule has 4 heteroatoms. The van der Waals surface area contributed by atoms with Gasteiger partial charge in [-0.1, -0.05) is 84.9 Å². The Bertz CT molecular complexity index is 999. The number of esters is 1. The maximum absolute atomic E-state index is 12.9. The summed E-state index contributed by atoms with van der Waals surface area (Å²) in [5.41, 5.74) is 4.31. The molecule has 0 aliphatic carbocycles. The topological polar surface area (TPSA) is 44.8 Å².